The molecule has 1 fully saturated rings. The normalized spacial score (nSPS) is 14.6. The summed E-state index contributed by atoms with van der Waals surface area (Å²) >= 11 is 0. The lowest BCUT2D eigenvalue weighted by Gasteiger charge is -2.35. The van der Waals surface area contributed by atoms with Crippen molar-refractivity contribution in [1.29, 1.82) is 0 Å². The number of carbonyl (C=O) groups excluding carboxylic acids is 1. The average Bonchev–Trinajstić information content (AvgIpc) is 2.66. The third kappa shape index (κ3) is 4.21. The van der Waals surface area contributed by atoms with Gasteiger partial charge in [-0.15, -0.1) is 10.2 Å². The van der Waals surface area contributed by atoms with Gasteiger partial charge in [0, 0.05) is 38.2 Å². The molecule has 5 nitrogen and oxygen atoms in total. The van der Waals surface area contributed by atoms with Gasteiger partial charge in [-0.05, 0) is 38.0 Å². The molecule has 1 aliphatic heterocycles. The summed E-state index contributed by atoms with van der Waals surface area (Å²) in [7, 11) is 0. The van der Waals surface area contributed by atoms with Crippen LogP contribution >= 0.6 is 0 Å². The van der Waals surface area contributed by atoms with E-state index < -0.39 is 0 Å². The number of nitrogens with zero attached hydrogens (tertiary/aromatic N) is 4. The molecule has 0 atom stereocenters. The van der Waals surface area contributed by atoms with Gasteiger partial charge in [0.25, 0.3) is 0 Å². The maximum atomic E-state index is 12.1. The monoisotopic (exact) mass is 352 g/mol. The van der Waals surface area contributed by atoms with E-state index in [4.69, 9.17) is 0 Å². The number of piperazine rings is 1. The summed E-state index contributed by atoms with van der Waals surface area (Å²) < 4.78 is 0. The molecule has 1 aliphatic rings. The highest BCUT2D eigenvalue weighted by Crippen LogP contribution is 2.23. The number of aromatic nitrogens is 2. The fraction of sp³-hybridized carbons (Fsp3) is 0.476. The molecule has 1 aromatic heterocycles. The van der Waals surface area contributed by atoms with E-state index in [0.717, 1.165) is 56.1 Å². The van der Waals surface area contributed by atoms with Gasteiger partial charge in [0.15, 0.2) is 5.82 Å². The third-order valence-corrected chi connectivity index (χ3v) is 5.01. The summed E-state index contributed by atoms with van der Waals surface area (Å²) in [4.78, 5) is 16.3. The first-order chi connectivity index (χ1) is 12.6. The minimum absolute atomic E-state index is 0.280. The molecular formula is C21H28N4O. The van der Waals surface area contributed by atoms with Crippen LogP contribution in [0.1, 0.15) is 37.3 Å². The third-order valence-electron chi connectivity index (χ3n) is 5.01. The van der Waals surface area contributed by atoms with E-state index >= 15 is 0 Å². The Balaban J connectivity index is 1.62. The van der Waals surface area contributed by atoms with Crippen molar-refractivity contribution in [3.63, 3.8) is 0 Å². The second kappa shape index (κ2) is 8.30. The first kappa shape index (κ1) is 18.4. The molecule has 0 unspecified atom stereocenters. The molecule has 1 amide bonds. The van der Waals surface area contributed by atoms with Gasteiger partial charge in [0.1, 0.15) is 0 Å². The van der Waals surface area contributed by atoms with Crippen LogP contribution in [0.15, 0.2) is 30.3 Å². The van der Waals surface area contributed by atoms with Crippen molar-refractivity contribution in [1.82, 2.24) is 15.1 Å². The zero-order chi connectivity index (χ0) is 18.5. The molecule has 0 N–H and O–H groups in total. The molecule has 26 heavy (non-hydrogen) atoms. The number of hydrogen-bond acceptors (Lipinski definition) is 4. The molecule has 0 spiro atoms. The second-order valence-corrected chi connectivity index (χ2v) is 7.07. The fourth-order valence-electron chi connectivity index (χ4n) is 3.41. The van der Waals surface area contributed by atoms with Crippen molar-refractivity contribution in [2.24, 2.45) is 0 Å². The van der Waals surface area contributed by atoms with Gasteiger partial charge in [-0.25, -0.2) is 0 Å². The van der Waals surface area contributed by atoms with E-state index in [1.165, 1.54) is 11.1 Å². The van der Waals surface area contributed by atoms with Gasteiger partial charge < -0.3 is 9.80 Å². The highest BCUT2D eigenvalue weighted by molar-refractivity contribution is 5.76. The Kier molecular flexibility index (Phi) is 5.86. The fourth-order valence-corrected chi connectivity index (χ4v) is 3.41. The van der Waals surface area contributed by atoms with Crippen molar-refractivity contribution in [2.45, 2.75) is 40.0 Å². The molecule has 3 rings (SSSR count). The Morgan fingerprint density at radius 3 is 2.42 bits per heavy atom. The quantitative estimate of drug-likeness (QED) is 0.825. The second-order valence-electron chi connectivity index (χ2n) is 7.07. The Labute approximate surface area is 156 Å². The zero-order valence-electron chi connectivity index (χ0n) is 16.0. The lowest BCUT2D eigenvalue weighted by molar-refractivity contribution is -0.131. The number of rotatable bonds is 5. The molecule has 5 heteroatoms. The number of anilines is 1. The summed E-state index contributed by atoms with van der Waals surface area (Å²) in [5.74, 6) is 1.17. The van der Waals surface area contributed by atoms with Crippen molar-refractivity contribution in [3.8, 4) is 11.3 Å². The van der Waals surface area contributed by atoms with E-state index in [1.807, 2.05) is 17.0 Å². The Bertz CT molecular complexity index is 749. The highest BCUT2D eigenvalue weighted by atomic mass is 16.2. The van der Waals surface area contributed by atoms with Crippen molar-refractivity contribution in [3.05, 3.63) is 41.5 Å². The van der Waals surface area contributed by atoms with E-state index in [-0.39, 0.29) is 5.91 Å². The topological polar surface area (TPSA) is 49.3 Å². The van der Waals surface area contributed by atoms with E-state index in [1.54, 1.807) is 0 Å². The van der Waals surface area contributed by atoms with Crippen LogP contribution in [0.4, 0.5) is 5.82 Å². The molecule has 0 aliphatic carbocycles. The Morgan fingerprint density at radius 1 is 1.04 bits per heavy atom. The minimum Gasteiger partial charge on any atom is -0.352 e. The van der Waals surface area contributed by atoms with Crippen LogP contribution in [0.5, 0.6) is 0 Å². The number of hydrogen-bond donors (Lipinski definition) is 0. The predicted octanol–water partition coefficient (Wildman–Crippen LogP) is 3.60. The lowest BCUT2D eigenvalue weighted by atomic mass is 10.0. The van der Waals surface area contributed by atoms with Crippen LogP contribution in [0, 0.1) is 13.8 Å². The number of carbonyl (C=O) groups is 1. The van der Waals surface area contributed by atoms with Gasteiger partial charge in [0.2, 0.25) is 5.91 Å². The summed E-state index contributed by atoms with van der Waals surface area (Å²) in [5.41, 5.74) is 4.49. The number of aryl methyl sites for hydroxylation is 2. The van der Waals surface area contributed by atoms with E-state index in [0.29, 0.717) is 6.42 Å². The standard InChI is InChI=1S/C21H28N4O/c1-4-5-6-21(26)25-13-11-24(12-14-25)20-10-9-19(22-23-20)18-8-7-16(2)15-17(18)3/h7-10,15H,4-6,11-14H2,1-3H3. The smallest absolute Gasteiger partial charge is 0.222 e. The van der Waals surface area contributed by atoms with Crippen LogP contribution < -0.4 is 4.90 Å². The SMILES string of the molecule is CCCCC(=O)N1CCN(c2ccc(-c3ccc(C)cc3C)nn2)CC1. The number of benzene rings is 1. The zero-order valence-corrected chi connectivity index (χ0v) is 16.0. The summed E-state index contributed by atoms with van der Waals surface area (Å²) in [6, 6.07) is 10.5. The number of amides is 1. The molecular weight excluding hydrogens is 324 g/mol. The first-order valence-electron chi connectivity index (χ1n) is 9.52. The molecule has 2 heterocycles. The maximum Gasteiger partial charge on any atom is 0.222 e. The summed E-state index contributed by atoms with van der Waals surface area (Å²) in [5, 5.41) is 8.87. The van der Waals surface area contributed by atoms with Crippen molar-refractivity contribution < 1.29 is 4.79 Å². The van der Waals surface area contributed by atoms with Gasteiger partial charge >= 0.3 is 0 Å². The molecule has 2 aromatic rings. The predicted molar refractivity (Wildman–Crippen MR) is 105 cm³/mol. The van der Waals surface area contributed by atoms with E-state index in [2.05, 4.69) is 54.1 Å². The summed E-state index contributed by atoms with van der Waals surface area (Å²) in [6.07, 6.45) is 2.71. The molecule has 0 saturated carbocycles. The van der Waals surface area contributed by atoms with Crippen LogP contribution in [0.2, 0.25) is 0 Å². The largest absolute Gasteiger partial charge is 0.352 e. The van der Waals surface area contributed by atoms with Crippen LogP contribution in [0.3, 0.4) is 0 Å². The van der Waals surface area contributed by atoms with Crippen molar-refractivity contribution >= 4 is 11.7 Å². The van der Waals surface area contributed by atoms with E-state index in [9.17, 15) is 4.79 Å². The van der Waals surface area contributed by atoms with Gasteiger partial charge in [0.05, 0.1) is 5.69 Å². The van der Waals surface area contributed by atoms with Crippen LogP contribution in [-0.2, 0) is 4.79 Å². The summed E-state index contributed by atoms with van der Waals surface area (Å²) in [6.45, 7) is 9.48. The molecule has 0 radical (unpaired) electrons. The van der Waals surface area contributed by atoms with Crippen molar-refractivity contribution in [2.75, 3.05) is 31.1 Å². The maximum absolute atomic E-state index is 12.1. The van der Waals surface area contributed by atoms with Gasteiger partial charge in [-0.2, -0.15) is 0 Å². The molecule has 0 bridgehead atoms. The molecule has 1 saturated heterocycles. The Hall–Kier alpha value is -2.43. The number of unbranched alkanes of at least 4 members (excludes halogenated alkanes) is 1. The highest BCUT2D eigenvalue weighted by Gasteiger charge is 2.21. The van der Waals surface area contributed by atoms with Gasteiger partial charge in [-0.1, -0.05) is 37.1 Å². The molecule has 138 valence electrons. The Morgan fingerprint density at radius 2 is 1.81 bits per heavy atom. The minimum atomic E-state index is 0.280. The van der Waals surface area contributed by atoms with Gasteiger partial charge in [-0.3, -0.25) is 4.79 Å². The average molecular weight is 352 g/mol. The van der Waals surface area contributed by atoms with Crippen LogP contribution in [0.25, 0.3) is 11.3 Å². The lowest BCUT2D eigenvalue weighted by Crippen LogP contribution is -2.49. The van der Waals surface area contributed by atoms with Crippen LogP contribution in [-0.4, -0.2) is 47.2 Å². The first-order valence-corrected chi connectivity index (χ1v) is 9.52. The molecule has 1 aromatic carbocycles.